The molecule has 2 aromatic carbocycles. The second kappa shape index (κ2) is 7.15. The quantitative estimate of drug-likeness (QED) is 0.866. The van der Waals surface area contributed by atoms with E-state index in [0.29, 0.717) is 13.0 Å². The molecule has 0 atom stereocenters. The lowest BCUT2D eigenvalue weighted by Crippen LogP contribution is -2.11. The third-order valence-electron chi connectivity index (χ3n) is 4.53. The van der Waals surface area contributed by atoms with Crippen LogP contribution in [0.2, 0.25) is 0 Å². The first kappa shape index (κ1) is 18.5. The SMILES string of the molecule is COCCC1=C(C)C(=Cc2ccc(S(N)(=O)=O)cc2)c2ccc(F)cc21. The molecule has 0 unspecified atom stereocenters. The highest BCUT2D eigenvalue weighted by molar-refractivity contribution is 7.89. The highest BCUT2D eigenvalue weighted by atomic mass is 32.2. The molecular weight excluding hydrogens is 353 g/mol. The number of methoxy groups -OCH3 is 1. The lowest BCUT2D eigenvalue weighted by molar-refractivity contribution is 0.206. The van der Waals surface area contributed by atoms with E-state index in [1.165, 1.54) is 18.2 Å². The molecule has 4 nitrogen and oxygen atoms in total. The van der Waals surface area contributed by atoms with Crippen LogP contribution in [0.3, 0.4) is 0 Å². The van der Waals surface area contributed by atoms with Gasteiger partial charge in [0.25, 0.3) is 0 Å². The van der Waals surface area contributed by atoms with Crippen molar-refractivity contribution in [3.8, 4) is 0 Å². The normalized spacial score (nSPS) is 15.6. The number of ether oxygens (including phenoxy) is 1. The molecule has 1 aliphatic rings. The molecule has 0 amide bonds. The molecule has 136 valence electrons. The van der Waals surface area contributed by atoms with Crippen molar-refractivity contribution in [1.29, 1.82) is 0 Å². The molecule has 0 aromatic heterocycles. The van der Waals surface area contributed by atoms with E-state index in [1.54, 1.807) is 31.4 Å². The highest BCUT2D eigenvalue weighted by Gasteiger charge is 2.23. The van der Waals surface area contributed by atoms with E-state index in [4.69, 9.17) is 9.88 Å². The van der Waals surface area contributed by atoms with Crippen molar-refractivity contribution in [2.45, 2.75) is 18.2 Å². The second-order valence-corrected chi connectivity index (χ2v) is 7.77. The van der Waals surface area contributed by atoms with E-state index >= 15 is 0 Å². The van der Waals surface area contributed by atoms with E-state index in [1.807, 2.05) is 13.0 Å². The molecule has 0 fully saturated rings. The van der Waals surface area contributed by atoms with Gasteiger partial charge in [0, 0.05) is 7.11 Å². The van der Waals surface area contributed by atoms with Gasteiger partial charge in [-0.05, 0) is 77.1 Å². The fraction of sp³-hybridized carbons (Fsp3) is 0.200. The topological polar surface area (TPSA) is 69.4 Å². The summed E-state index contributed by atoms with van der Waals surface area (Å²) >= 11 is 0. The first-order valence-corrected chi connectivity index (χ1v) is 9.70. The summed E-state index contributed by atoms with van der Waals surface area (Å²) in [7, 11) is -2.08. The third kappa shape index (κ3) is 3.62. The number of allylic oxidation sites excluding steroid dienone is 2. The van der Waals surface area contributed by atoms with E-state index in [9.17, 15) is 12.8 Å². The van der Waals surface area contributed by atoms with Crippen LogP contribution < -0.4 is 5.14 Å². The summed E-state index contributed by atoms with van der Waals surface area (Å²) in [6.45, 7) is 2.56. The first-order chi connectivity index (χ1) is 12.3. The van der Waals surface area contributed by atoms with Crippen molar-refractivity contribution in [2.75, 3.05) is 13.7 Å². The van der Waals surface area contributed by atoms with Crippen LogP contribution in [0, 0.1) is 5.82 Å². The zero-order valence-electron chi connectivity index (χ0n) is 14.6. The number of rotatable bonds is 5. The Balaban J connectivity index is 2.06. The van der Waals surface area contributed by atoms with Gasteiger partial charge in [0.05, 0.1) is 11.5 Å². The first-order valence-electron chi connectivity index (χ1n) is 8.15. The minimum Gasteiger partial charge on any atom is -0.384 e. The molecule has 1 aliphatic carbocycles. The van der Waals surface area contributed by atoms with Gasteiger partial charge in [-0.1, -0.05) is 18.2 Å². The van der Waals surface area contributed by atoms with Crippen LogP contribution in [0.25, 0.3) is 17.2 Å². The second-order valence-electron chi connectivity index (χ2n) is 6.21. The molecule has 3 rings (SSSR count). The molecule has 2 N–H and O–H groups in total. The predicted octanol–water partition coefficient (Wildman–Crippen LogP) is 3.84. The highest BCUT2D eigenvalue weighted by Crippen LogP contribution is 2.43. The Morgan fingerprint density at radius 2 is 1.81 bits per heavy atom. The molecule has 0 saturated carbocycles. The maximum Gasteiger partial charge on any atom is 0.238 e. The van der Waals surface area contributed by atoms with Crippen LogP contribution in [0.4, 0.5) is 4.39 Å². The number of hydrogen-bond donors (Lipinski definition) is 1. The predicted molar refractivity (Wildman–Crippen MR) is 101 cm³/mol. The number of hydrogen-bond acceptors (Lipinski definition) is 3. The summed E-state index contributed by atoms with van der Waals surface area (Å²) in [5, 5.41) is 5.14. The Morgan fingerprint density at radius 3 is 2.42 bits per heavy atom. The van der Waals surface area contributed by atoms with Gasteiger partial charge < -0.3 is 4.74 Å². The number of halogens is 1. The molecule has 0 radical (unpaired) electrons. The van der Waals surface area contributed by atoms with Crippen molar-refractivity contribution < 1.29 is 17.5 Å². The number of sulfonamides is 1. The zero-order valence-corrected chi connectivity index (χ0v) is 15.4. The van der Waals surface area contributed by atoms with Crippen molar-refractivity contribution in [3.05, 3.63) is 70.5 Å². The van der Waals surface area contributed by atoms with Gasteiger partial charge >= 0.3 is 0 Å². The van der Waals surface area contributed by atoms with Crippen LogP contribution in [0.1, 0.15) is 30.0 Å². The Hall–Kier alpha value is -2.28. The summed E-state index contributed by atoms with van der Waals surface area (Å²) in [4.78, 5) is 0.0709. The minimum absolute atomic E-state index is 0.0709. The summed E-state index contributed by atoms with van der Waals surface area (Å²) < 4.78 is 41.7. The van der Waals surface area contributed by atoms with Gasteiger partial charge in [-0.3, -0.25) is 0 Å². The van der Waals surface area contributed by atoms with Crippen LogP contribution in [-0.2, 0) is 14.8 Å². The van der Waals surface area contributed by atoms with E-state index in [0.717, 1.165) is 33.4 Å². The van der Waals surface area contributed by atoms with Crippen LogP contribution in [0.15, 0.2) is 52.9 Å². The largest absolute Gasteiger partial charge is 0.384 e. The molecule has 0 heterocycles. The van der Waals surface area contributed by atoms with Crippen molar-refractivity contribution >= 4 is 27.2 Å². The Kier molecular flexibility index (Phi) is 5.09. The molecule has 0 aliphatic heterocycles. The molecular formula is C20H20FNO3S. The molecule has 0 spiro atoms. The van der Waals surface area contributed by atoms with Gasteiger partial charge in [0.2, 0.25) is 10.0 Å². The standard InChI is InChI=1S/C20H20FNO3S/c1-13-17(9-10-25-2)20-12-15(21)5-8-18(20)19(13)11-14-3-6-16(7-4-14)26(22,23)24/h3-8,11-12H,9-10H2,1-2H3,(H2,22,23,24). The van der Waals surface area contributed by atoms with Gasteiger partial charge in [-0.15, -0.1) is 0 Å². The number of fused-ring (bicyclic) bond motifs is 1. The summed E-state index contributed by atoms with van der Waals surface area (Å²) in [6, 6.07) is 11.1. The molecule has 6 heteroatoms. The molecule has 0 saturated heterocycles. The Bertz CT molecular complexity index is 1010. The summed E-state index contributed by atoms with van der Waals surface area (Å²) in [5.74, 6) is -0.273. The molecule has 0 bridgehead atoms. The number of primary sulfonamides is 1. The lowest BCUT2D eigenvalue weighted by Gasteiger charge is -2.05. The van der Waals surface area contributed by atoms with Crippen molar-refractivity contribution in [3.63, 3.8) is 0 Å². The lowest BCUT2D eigenvalue weighted by atomic mass is 10.0. The van der Waals surface area contributed by atoms with E-state index in [-0.39, 0.29) is 10.7 Å². The van der Waals surface area contributed by atoms with Crippen LogP contribution in [0.5, 0.6) is 0 Å². The maximum absolute atomic E-state index is 13.8. The van der Waals surface area contributed by atoms with E-state index in [2.05, 4.69) is 0 Å². The van der Waals surface area contributed by atoms with Gasteiger partial charge in [-0.2, -0.15) is 0 Å². The third-order valence-corrected chi connectivity index (χ3v) is 5.46. The van der Waals surface area contributed by atoms with Gasteiger partial charge in [0.15, 0.2) is 0 Å². The summed E-state index contributed by atoms with van der Waals surface area (Å²) in [6.07, 6.45) is 2.67. The van der Waals surface area contributed by atoms with Gasteiger partial charge in [-0.25, -0.2) is 17.9 Å². The summed E-state index contributed by atoms with van der Waals surface area (Å²) in [5.41, 5.74) is 5.81. The van der Waals surface area contributed by atoms with Crippen LogP contribution >= 0.6 is 0 Å². The Morgan fingerprint density at radius 1 is 1.12 bits per heavy atom. The minimum atomic E-state index is -3.72. The average molecular weight is 373 g/mol. The van der Waals surface area contributed by atoms with Crippen molar-refractivity contribution in [2.24, 2.45) is 5.14 Å². The van der Waals surface area contributed by atoms with Crippen LogP contribution in [-0.4, -0.2) is 22.1 Å². The monoisotopic (exact) mass is 373 g/mol. The average Bonchev–Trinajstić information content (AvgIpc) is 2.84. The Labute approximate surface area is 152 Å². The van der Waals surface area contributed by atoms with E-state index < -0.39 is 10.0 Å². The molecule has 26 heavy (non-hydrogen) atoms. The number of benzene rings is 2. The maximum atomic E-state index is 13.8. The van der Waals surface area contributed by atoms with Gasteiger partial charge in [0.1, 0.15) is 5.82 Å². The zero-order chi connectivity index (χ0) is 18.9. The smallest absolute Gasteiger partial charge is 0.238 e. The number of nitrogens with two attached hydrogens (primary N) is 1. The fourth-order valence-corrected chi connectivity index (χ4v) is 3.72. The van der Waals surface area contributed by atoms with Crippen molar-refractivity contribution in [1.82, 2.24) is 0 Å². The fourth-order valence-electron chi connectivity index (χ4n) is 3.20. The molecule has 2 aromatic rings.